The highest BCUT2D eigenvalue weighted by Gasteiger charge is 2.33. The van der Waals surface area contributed by atoms with Gasteiger partial charge in [0.05, 0.1) is 0 Å². The molecule has 0 aliphatic rings. The molecule has 5 heteroatoms. The van der Waals surface area contributed by atoms with Crippen LogP contribution in [0, 0.1) is 0 Å². The smallest absolute Gasteiger partial charge is 0.164 e. The lowest BCUT2D eigenvalue weighted by molar-refractivity contribution is -0.146. The maximum absolute atomic E-state index is 12.3. The Bertz CT molecular complexity index is 661. The summed E-state index contributed by atoms with van der Waals surface area (Å²) in [5.74, 6) is -0.978. The Morgan fingerprint density at radius 3 is 0.955 bits per heavy atom. The van der Waals surface area contributed by atoms with Crippen molar-refractivity contribution in [2.45, 2.75) is 225 Å². The lowest BCUT2D eigenvalue weighted by Crippen LogP contribution is -2.45. The molecule has 0 saturated heterocycles. The van der Waals surface area contributed by atoms with Crippen molar-refractivity contribution in [1.82, 2.24) is 0 Å². The van der Waals surface area contributed by atoms with Crippen LogP contribution in [-0.2, 0) is 9.59 Å². The Balaban J connectivity index is 3.70. The molecule has 0 aromatic rings. The molecule has 0 rings (SSSR count). The Morgan fingerprint density at radius 1 is 0.409 bits per heavy atom. The van der Waals surface area contributed by atoms with Crippen LogP contribution in [0.5, 0.6) is 0 Å². The first-order valence-electron chi connectivity index (χ1n) is 19.2. The van der Waals surface area contributed by atoms with Gasteiger partial charge in [-0.2, -0.15) is 0 Å². The lowest BCUT2D eigenvalue weighted by Gasteiger charge is -2.21. The minimum absolute atomic E-state index is 0.163. The second-order valence-electron chi connectivity index (χ2n) is 13.3. The van der Waals surface area contributed by atoms with Crippen LogP contribution in [0.4, 0.5) is 0 Å². The molecule has 3 atom stereocenters. The highest BCUT2D eigenvalue weighted by atomic mass is 16.4. The number of aliphatic hydroxyl groups is 3. The Kier molecular flexibility index (Phi) is 32.5. The fraction of sp³-hybridized carbons (Fsp3) is 0.897. The van der Waals surface area contributed by atoms with Gasteiger partial charge in [-0.05, 0) is 38.5 Å². The fourth-order valence-electron chi connectivity index (χ4n) is 5.89. The summed E-state index contributed by atoms with van der Waals surface area (Å²) in [5, 5.41) is 30.6. The topological polar surface area (TPSA) is 94.8 Å². The van der Waals surface area contributed by atoms with E-state index in [2.05, 4.69) is 26.0 Å². The third kappa shape index (κ3) is 27.3. The summed E-state index contributed by atoms with van der Waals surface area (Å²) in [7, 11) is 0. The average Bonchev–Trinajstić information content (AvgIpc) is 3.03. The number of allylic oxidation sites excluding steroid dienone is 2. The average molecular weight is 623 g/mol. The molecular weight excluding hydrogens is 548 g/mol. The van der Waals surface area contributed by atoms with Gasteiger partial charge in [0.2, 0.25) is 0 Å². The molecule has 260 valence electrons. The summed E-state index contributed by atoms with van der Waals surface area (Å²) in [6.45, 7) is 4.51. The molecule has 5 nitrogen and oxygen atoms in total. The van der Waals surface area contributed by atoms with Crippen LogP contribution in [0.3, 0.4) is 0 Å². The maximum atomic E-state index is 12.3. The van der Waals surface area contributed by atoms with Gasteiger partial charge in [-0.15, -0.1) is 0 Å². The highest BCUT2D eigenvalue weighted by molar-refractivity contribution is 5.87. The molecule has 0 aliphatic carbocycles. The first-order valence-corrected chi connectivity index (χ1v) is 19.2. The van der Waals surface area contributed by atoms with E-state index in [0.717, 1.165) is 44.9 Å². The van der Waals surface area contributed by atoms with Gasteiger partial charge in [0.25, 0.3) is 0 Å². The number of hydrogen-bond donors (Lipinski definition) is 3. The van der Waals surface area contributed by atoms with Crippen molar-refractivity contribution >= 4 is 11.6 Å². The molecule has 0 aromatic heterocycles. The van der Waals surface area contributed by atoms with Crippen LogP contribution in [0.1, 0.15) is 206 Å². The van der Waals surface area contributed by atoms with Crippen LogP contribution in [-0.4, -0.2) is 45.2 Å². The number of hydrogen-bond acceptors (Lipinski definition) is 5. The van der Waals surface area contributed by atoms with Crippen LogP contribution < -0.4 is 0 Å². The molecule has 0 fully saturated rings. The van der Waals surface area contributed by atoms with Crippen molar-refractivity contribution < 1.29 is 24.9 Å². The molecule has 44 heavy (non-hydrogen) atoms. The van der Waals surface area contributed by atoms with Crippen molar-refractivity contribution in [3.05, 3.63) is 12.2 Å². The van der Waals surface area contributed by atoms with Gasteiger partial charge < -0.3 is 15.3 Å². The minimum Gasteiger partial charge on any atom is -0.387 e. The van der Waals surface area contributed by atoms with Gasteiger partial charge in [-0.1, -0.05) is 167 Å². The molecule has 0 spiro atoms. The Hall–Kier alpha value is -1.04. The third-order valence-electron chi connectivity index (χ3n) is 9.02. The summed E-state index contributed by atoms with van der Waals surface area (Å²) in [6.07, 6.45) is 33.5. The largest absolute Gasteiger partial charge is 0.387 e. The third-order valence-corrected chi connectivity index (χ3v) is 9.02. The SMILES string of the molecule is CCCCCCCCC=CCCCCCCCC(=O)C(O)C(O)C(O)C(=O)CCCCCCCCCCCCCCCCC. The van der Waals surface area contributed by atoms with E-state index in [0.29, 0.717) is 12.8 Å². The van der Waals surface area contributed by atoms with Crippen molar-refractivity contribution in [1.29, 1.82) is 0 Å². The number of unbranched alkanes of at least 4 members (excludes halogenated alkanes) is 25. The van der Waals surface area contributed by atoms with E-state index in [1.54, 1.807) is 0 Å². The number of rotatable bonds is 35. The van der Waals surface area contributed by atoms with Crippen LogP contribution >= 0.6 is 0 Å². The van der Waals surface area contributed by atoms with Gasteiger partial charge in [-0.3, -0.25) is 9.59 Å². The second-order valence-corrected chi connectivity index (χ2v) is 13.3. The first-order chi connectivity index (χ1) is 21.5. The summed E-state index contributed by atoms with van der Waals surface area (Å²) < 4.78 is 0. The summed E-state index contributed by atoms with van der Waals surface area (Å²) in [5.41, 5.74) is 0. The minimum atomic E-state index is -1.74. The molecule has 0 aromatic carbocycles. The van der Waals surface area contributed by atoms with E-state index in [1.165, 1.54) is 122 Å². The van der Waals surface area contributed by atoms with E-state index in [9.17, 15) is 24.9 Å². The molecule has 0 saturated carbocycles. The normalized spacial score (nSPS) is 13.8. The Morgan fingerprint density at radius 2 is 0.659 bits per heavy atom. The quantitative estimate of drug-likeness (QED) is 0.0483. The standard InChI is InChI=1S/C39H74O5/c1-3-5-7-9-11-13-15-17-19-21-23-25-27-29-31-33-35(40)37(42)39(44)38(43)36(41)34-32-30-28-26-24-22-20-18-16-14-12-10-8-6-4-2/h17,19,37-39,42-44H,3-16,18,20-34H2,1-2H3. The monoisotopic (exact) mass is 623 g/mol. The molecule has 3 N–H and O–H groups in total. The van der Waals surface area contributed by atoms with Crippen molar-refractivity contribution in [2.75, 3.05) is 0 Å². The van der Waals surface area contributed by atoms with Gasteiger partial charge in [0, 0.05) is 12.8 Å². The predicted molar refractivity (Wildman–Crippen MR) is 187 cm³/mol. The zero-order valence-electron chi connectivity index (χ0n) is 29.3. The van der Waals surface area contributed by atoms with E-state index in [1.807, 2.05) is 0 Å². The van der Waals surface area contributed by atoms with Crippen LogP contribution in [0.15, 0.2) is 12.2 Å². The summed E-state index contributed by atoms with van der Waals surface area (Å²) >= 11 is 0. The maximum Gasteiger partial charge on any atom is 0.164 e. The molecular formula is C39H74O5. The molecule has 0 bridgehead atoms. The summed E-state index contributed by atoms with van der Waals surface area (Å²) in [6, 6.07) is 0. The number of ketones is 2. The van der Waals surface area contributed by atoms with Crippen molar-refractivity contribution in [2.24, 2.45) is 0 Å². The van der Waals surface area contributed by atoms with Crippen LogP contribution in [0.2, 0.25) is 0 Å². The number of Topliss-reactive ketones (excluding diaryl/α,β-unsaturated/α-hetero) is 2. The summed E-state index contributed by atoms with van der Waals surface area (Å²) in [4.78, 5) is 24.6. The zero-order chi connectivity index (χ0) is 32.5. The number of aliphatic hydroxyl groups excluding tert-OH is 3. The van der Waals surface area contributed by atoms with Gasteiger partial charge in [0.15, 0.2) is 11.6 Å². The van der Waals surface area contributed by atoms with Crippen LogP contribution in [0.25, 0.3) is 0 Å². The first kappa shape index (κ1) is 43.0. The predicted octanol–water partition coefficient (Wildman–Crippen LogP) is 10.5. The van der Waals surface area contributed by atoms with E-state index < -0.39 is 29.9 Å². The molecule has 0 heterocycles. The zero-order valence-corrected chi connectivity index (χ0v) is 29.3. The molecule has 0 amide bonds. The lowest BCUT2D eigenvalue weighted by atomic mass is 9.95. The van der Waals surface area contributed by atoms with Gasteiger partial charge in [-0.25, -0.2) is 0 Å². The Labute approximate surface area is 273 Å². The number of carbonyl (C=O) groups is 2. The van der Waals surface area contributed by atoms with E-state index >= 15 is 0 Å². The van der Waals surface area contributed by atoms with Gasteiger partial charge in [0.1, 0.15) is 18.3 Å². The van der Waals surface area contributed by atoms with Crippen molar-refractivity contribution in [3.8, 4) is 0 Å². The molecule has 0 aliphatic heterocycles. The van der Waals surface area contributed by atoms with E-state index in [4.69, 9.17) is 0 Å². The highest BCUT2D eigenvalue weighted by Crippen LogP contribution is 2.16. The second kappa shape index (κ2) is 33.3. The van der Waals surface area contributed by atoms with Gasteiger partial charge >= 0.3 is 0 Å². The van der Waals surface area contributed by atoms with E-state index in [-0.39, 0.29) is 12.8 Å². The molecule has 0 radical (unpaired) electrons. The fourth-order valence-corrected chi connectivity index (χ4v) is 5.89. The molecule has 3 unspecified atom stereocenters. The number of carbonyl (C=O) groups excluding carboxylic acids is 2. The van der Waals surface area contributed by atoms with Crippen molar-refractivity contribution in [3.63, 3.8) is 0 Å².